The molecule has 0 heterocycles. The molecule has 0 aliphatic carbocycles. The molecule has 0 amide bonds. The Labute approximate surface area is 214 Å². The van der Waals surface area contributed by atoms with Crippen LogP contribution in [0.1, 0.15) is 25.0 Å². The van der Waals surface area contributed by atoms with Gasteiger partial charge in [-0.25, -0.2) is 0 Å². The second kappa shape index (κ2) is 11.2. The van der Waals surface area contributed by atoms with Gasteiger partial charge in [-0.2, -0.15) is 0 Å². The quantitative estimate of drug-likeness (QED) is 0.146. The van der Waals surface area contributed by atoms with E-state index >= 15 is 0 Å². The molecule has 0 bridgehead atoms. The van der Waals surface area contributed by atoms with Gasteiger partial charge in [0, 0.05) is 22.7 Å². The SMILES string of the molecule is CC(C)C(=O)/C(COc1ccc(-c2ccc(C(=N)C=O)c(N)c2)cc1)=C(\N)c1c(Cl)cccc1Cl. The van der Waals surface area contributed by atoms with E-state index in [1.165, 1.54) is 0 Å². The number of carbonyl (C=O) groups is 2. The minimum Gasteiger partial charge on any atom is -0.489 e. The first kappa shape index (κ1) is 26.0. The number of ether oxygens (including phenoxy) is 1. The molecule has 180 valence electrons. The van der Waals surface area contributed by atoms with Crippen molar-refractivity contribution in [2.75, 3.05) is 12.3 Å². The highest BCUT2D eigenvalue weighted by atomic mass is 35.5. The predicted octanol–water partition coefficient (Wildman–Crippen LogP) is 5.78. The van der Waals surface area contributed by atoms with E-state index in [-0.39, 0.29) is 29.7 Å². The van der Waals surface area contributed by atoms with Crippen LogP contribution < -0.4 is 16.2 Å². The fourth-order valence-corrected chi connectivity index (χ4v) is 4.09. The summed E-state index contributed by atoms with van der Waals surface area (Å²) in [6, 6.07) is 17.4. The number of nitrogens with one attached hydrogen (secondary N) is 1. The second-order valence-corrected chi connectivity index (χ2v) is 8.97. The van der Waals surface area contributed by atoms with Gasteiger partial charge in [0.05, 0.1) is 21.3 Å². The van der Waals surface area contributed by atoms with E-state index in [1.54, 1.807) is 62.4 Å². The third-order valence-electron chi connectivity index (χ3n) is 5.41. The van der Waals surface area contributed by atoms with Crippen LogP contribution in [0.4, 0.5) is 5.69 Å². The Morgan fingerprint density at radius 1 is 1.03 bits per heavy atom. The summed E-state index contributed by atoms with van der Waals surface area (Å²) in [6.45, 7) is 3.51. The van der Waals surface area contributed by atoms with Gasteiger partial charge in [0.2, 0.25) is 0 Å². The number of anilines is 1. The number of nitrogen functional groups attached to an aromatic ring is 1. The van der Waals surface area contributed by atoms with Gasteiger partial charge in [0.1, 0.15) is 18.1 Å². The van der Waals surface area contributed by atoms with E-state index in [9.17, 15) is 9.59 Å². The zero-order valence-electron chi connectivity index (χ0n) is 19.3. The van der Waals surface area contributed by atoms with E-state index in [4.69, 9.17) is 44.8 Å². The van der Waals surface area contributed by atoms with Crippen LogP contribution in [0, 0.1) is 11.3 Å². The van der Waals surface area contributed by atoms with E-state index in [0.717, 1.165) is 11.1 Å². The minimum absolute atomic E-state index is 0.0564. The maximum Gasteiger partial charge on any atom is 0.168 e. The molecule has 0 unspecified atom stereocenters. The third kappa shape index (κ3) is 5.91. The standard InChI is InChI=1S/C27H25Cl2N3O3/c1-15(2)27(34)20(26(32)25-21(28)4-3-5-22(25)29)14-35-18-9-6-16(7-10-18)17-8-11-19(23(30)12-17)24(31)13-33/h3-13,15,31H,14,30,32H2,1-2H3/b26-20-,31-24?. The van der Waals surface area contributed by atoms with Crippen molar-refractivity contribution in [3.05, 3.63) is 87.4 Å². The number of benzene rings is 3. The summed E-state index contributed by atoms with van der Waals surface area (Å²) in [5.74, 6) is 0.0738. The van der Waals surface area contributed by atoms with Crippen molar-refractivity contribution in [2.24, 2.45) is 11.7 Å². The molecule has 6 nitrogen and oxygen atoms in total. The normalized spacial score (nSPS) is 11.7. The monoisotopic (exact) mass is 509 g/mol. The smallest absolute Gasteiger partial charge is 0.168 e. The Hall–Kier alpha value is -3.61. The highest BCUT2D eigenvalue weighted by Gasteiger charge is 2.21. The van der Waals surface area contributed by atoms with Crippen LogP contribution in [0.15, 0.2) is 66.2 Å². The van der Waals surface area contributed by atoms with Crippen molar-refractivity contribution in [3.8, 4) is 16.9 Å². The van der Waals surface area contributed by atoms with Crippen molar-refractivity contribution in [1.29, 1.82) is 5.41 Å². The van der Waals surface area contributed by atoms with Crippen LogP contribution in [0.25, 0.3) is 16.8 Å². The summed E-state index contributed by atoms with van der Waals surface area (Å²) >= 11 is 12.6. The molecule has 0 spiro atoms. The molecule has 0 radical (unpaired) electrons. The number of halogens is 2. The molecule has 0 aliphatic heterocycles. The van der Waals surface area contributed by atoms with Crippen LogP contribution in [-0.4, -0.2) is 24.4 Å². The summed E-state index contributed by atoms with van der Waals surface area (Å²) in [5, 5.41) is 8.35. The lowest BCUT2D eigenvalue weighted by atomic mass is 9.97. The molecule has 3 aromatic rings. The largest absolute Gasteiger partial charge is 0.489 e. The molecule has 0 aromatic heterocycles. The number of aldehydes is 1. The van der Waals surface area contributed by atoms with Gasteiger partial charge in [-0.3, -0.25) is 15.0 Å². The van der Waals surface area contributed by atoms with Crippen LogP contribution >= 0.6 is 23.2 Å². The maximum atomic E-state index is 12.9. The first-order valence-corrected chi connectivity index (χ1v) is 11.5. The average molecular weight is 510 g/mol. The fraction of sp³-hybridized carbons (Fsp3) is 0.148. The molecule has 5 N–H and O–H groups in total. The molecule has 3 aromatic carbocycles. The van der Waals surface area contributed by atoms with Crippen LogP contribution in [-0.2, 0) is 9.59 Å². The maximum absolute atomic E-state index is 12.9. The molecule has 0 atom stereocenters. The molecule has 8 heteroatoms. The lowest BCUT2D eigenvalue weighted by molar-refractivity contribution is -0.118. The van der Waals surface area contributed by atoms with Crippen molar-refractivity contribution in [1.82, 2.24) is 0 Å². The Balaban J connectivity index is 1.85. The highest BCUT2D eigenvalue weighted by molar-refractivity contribution is 6.38. The molecule has 35 heavy (non-hydrogen) atoms. The lowest BCUT2D eigenvalue weighted by Crippen LogP contribution is -2.21. The first-order chi connectivity index (χ1) is 16.6. The second-order valence-electron chi connectivity index (χ2n) is 8.15. The Kier molecular flexibility index (Phi) is 8.33. The van der Waals surface area contributed by atoms with Crippen LogP contribution in [0.2, 0.25) is 10.0 Å². The number of nitrogens with two attached hydrogens (primary N) is 2. The Bertz CT molecular complexity index is 1300. The van der Waals surface area contributed by atoms with Crippen molar-refractivity contribution < 1.29 is 14.3 Å². The number of ketones is 1. The van der Waals surface area contributed by atoms with Crippen molar-refractivity contribution in [2.45, 2.75) is 13.8 Å². The first-order valence-electron chi connectivity index (χ1n) is 10.8. The molecular weight excluding hydrogens is 485 g/mol. The van der Waals surface area contributed by atoms with Gasteiger partial charge < -0.3 is 16.2 Å². The third-order valence-corrected chi connectivity index (χ3v) is 6.04. The van der Waals surface area contributed by atoms with Gasteiger partial charge in [0.25, 0.3) is 0 Å². The number of Topliss-reactive ketones (excluding diaryl/α,β-unsaturated/α-hetero) is 1. The Morgan fingerprint density at radius 3 is 2.17 bits per heavy atom. The van der Waals surface area contributed by atoms with E-state index in [0.29, 0.717) is 44.5 Å². The summed E-state index contributed by atoms with van der Waals surface area (Å²) in [7, 11) is 0. The summed E-state index contributed by atoms with van der Waals surface area (Å²) < 4.78 is 5.90. The number of carbonyl (C=O) groups excluding carboxylic acids is 2. The molecule has 0 saturated carbocycles. The summed E-state index contributed by atoms with van der Waals surface area (Å²) in [6.07, 6.45) is 0.455. The van der Waals surface area contributed by atoms with Crippen molar-refractivity contribution in [3.63, 3.8) is 0 Å². The molecular formula is C27H25Cl2N3O3. The molecule has 0 aliphatic rings. The lowest BCUT2D eigenvalue weighted by Gasteiger charge is -2.16. The van der Waals surface area contributed by atoms with Gasteiger partial charge in [0.15, 0.2) is 12.1 Å². The molecule has 0 saturated heterocycles. The van der Waals surface area contributed by atoms with Gasteiger partial charge in [-0.1, -0.05) is 67.4 Å². The Morgan fingerprint density at radius 2 is 1.63 bits per heavy atom. The zero-order valence-corrected chi connectivity index (χ0v) is 20.8. The van der Waals surface area contributed by atoms with Crippen molar-refractivity contribution >= 4 is 52.4 Å². The predicted molar refractivity (Wildman–Crippen MR) is 142 cm³/mol. The van der Waals surface area contributed by atoms with Gasteiger partial charge >= 0.3 is 0 Å². The zero-order chi connectivity index (χ0) is 25.7. The van der Waals surface area contributed by atoms with Crippen LogP contribution in [0.3, 0.4) is 0 Å². The van der Waals surface area contributed by atoms with Crippen LogP contribution in [0.5, 0.6) is 5.75 Å². The van der Waals surface area contributed by atoms with E-state index in [2.05, 4.69) is 0 Å². The number of hydrogen-bond acceptors (Lipinski definition) is 6. The van der Waals surface area contributed by atoms with E-state index < -0.39 is 0 Å². The highest BCUT2D eigenvalue weighted by Crippen LogP contribution is 2.32. The number of hydrogen-bond donors (Lipinski definition) is 3. The number of rotatable bonds is 9. The summed E-state index contributed by atoms with van der Waals surface area (Å²) in [5.41, 5.74) is 15.5. The average Bonchev–Trinajstić information content (AvgIpc) is 2.83. The molecule has 3 rings (SSSR count). The van der Waals surface area contributed by atoms with E-state index in [1.807, 2.05) is 12.1 Å². The minimum atomic E-state index is -0.301. The van der Waals surface area contributed by atoms with Gasteiger partial charge in [-0.05, 0) is 41.5 Å². The summed E-state index contributed by atoms with van der Waals surface area (Å²) in [4.78, 5) is 23.8. The molecule has 0 fully saturated rings. The fourth-order valence-electron chi connectivity index (χ4n) is 3.49. The topological polar surface area (TPSA) is 119 Å². The van der Waals surface area contributed by atoms with Gasteiger partial charge in [-0.15, -0.1) is 0 Å².